The Morgan fingerprint density at radius 1 is 1.19 bits per heavy atom. The molecule has 1 N–H and O–H groups in total. The van der Waals surface area contributed by atoms with Crippen molar-refractivity contribution in [1.82, 2.24) is 10.3 Å². The van der Waals surface area contributed by atoms with Gasteiger partial charge in [0.15, 0.2) is 0 Å². The molecule has 1 aliphatic heterocycles. The van der Waals surface area contributed by atoms with E-state index in [2.05, 4.69) is 40.2 Å². The molecule has 1 fully saturated rings. The summed E-state index contributed by atoms with van der Waals surface area (Å²) in [4.78, 5) is 5.62. The monoisotopic (exact) mass is 382 g/mol. The third kappa shape index (κ3) is 2.72. The molecular formula is C20H17ClN3OS. The van der Waals surface area contributed by atoms with Gasteiger partial charge in [0.2, 0.25) is 0 Å². The van der Waals surface area contributed by atoms with Crippen LogP contribution in [0.2, 0.25) is 4.34 Å². The van der Waals surface area contributed by atoms with Gasteiger partial charge in [-0.3, -0.25) is 0 Å². The SMILES string of the molecule is Clc1ccc(N2CC[N]C(c3ccc4[nH]ccc4c3)C2c2ccco2)s1. The standard InChI is InChI=1S/C20H17ClN3OS/c21-17-5-6-18(26-17)24-10-9-23-19(20(24)16-2-1-11-25-16)14-3-4-15-13(12-14)7-8-22-15/h1-8,11-12,19-20,22H,9-10H2. The first kappa shape index (κ1) is 16.0. The third-order valence-corrected chi connectivity index (χ3v) is 6.17. The lowest BCUT2D eigenvalue weighted by atomic mass is 9.93. The zero-order chi connectivity index (χ0) is 17.5. The van der Waals surface area contributed by atoms with Crippen LogP contribution in [-0.2, 0) is 0 Å². The summed E-state index contributed by atoms with van der Waals surface area (Å²) in [5.41, 5.74) is 2.34. The van der Waals surface area contributed by atoms with Crippen LogP contribution in [-0.4, -0.2) is 18.1 Å². The molecule has 6 heteroatoms. The van der Waals surface area contributed by atoms with E-state index in [0.29, 0.717) is 0 Å². The summed E-state index contributed by atoms with van der Waals surface area (Å²) in [6, 6.07) is 16.6. The summed E-state index contributed by atoms with van der Waals surface area (Å²) in [6.45, 7) is 1.63. The van der Waals surface area contributed by atoms with Gasteiger partial charge in [0.25, 0.3) is 0 Å². The van der Waals surface area contributed by atoms with E-state index in [9.17, 15) is 0 Å². The molecule has 26 heavy (non-hydrogen) atoms. The summed E-state index contributed by atoms with van der Waals surface area (Å²) in [5, 5.41) is 7.32. The molecule has 1 aliphatic rings. The molecule has 3 aromatic heterocycles. The van der Waals surface area contributed by atoms with Crippen molar-refractivity contribution in [3.8, 4) is 0 Å². The first-order valence-electron chi connectivity index (χ1n) is 8.58. The van der Waals surface area contributed by atoms with E-state index in [1.165, 1.54) is 10.9 Å². The van der Waals surface area contributed by atoms with Crippen molar-refractivity contribution < 1.29 is 4.42 Å². The largest absolute Gasteiger partial charge is 0.467 e. The Morgan fingerprint density at radius 3 is 2.96 bits per heavy atom. The molecule has 2 unspecified atom stereocenters. The number of hydrogen-bond donors (Lipinski definition) is 1. The maximum Gasteiger partial charge on any atom is 0.128 e. The highest BCUT2D eigenvalue weighted by atomic mass is 35.5. The molecule has 0 spiro atoms. The van der Waals surface area contributed by atoms with E-state index < -0.39 is 0 Å². The Morgan fingerprint density at radius 2 is 2.15 bits per heavy atom. The molecule has 0 saturated carbocycles. The minimum absolute atomic E-state index is 0.00933. The van der Waals surface area contributed by atoms with E-state index in [-0.39, 0.29) is 12.1 Å². The second-order valence-corrected chi connectivity index (χ2v) is 8.10. The molecule has 4 heterocycles. The minimum Gasteiger partial charge on any atom is -0.467 e. The topological polar surface area (TPSA) is 46.3 Å². The van der Waals surface area contributed by atoms with Gasteiger partial charge in [-0.05, 0) is 53.4 Å². The number of thiophene rings is 1. The number of aromatic nitrogens is 1. The summed E-state index contributed by atoms with van der Waals surface area (Å²) in [5.74, 6) is 0.928. The van der Waals surface area contributed by atoms with Crippen LogP contribution in [0.4, 0.5) is 5.00 Å². The molecule has 2 atom stereocenters. The molecule has 1 aromatic carbocycles. The smallest absolute Gasteiger partial charge is 0.128 e. The van der Waals surface area contributed by atoms with Gasteiger partial charge in [0, 0.05) is 24.8 Å². The molecule has 0 bridgehead atoms. The van der Waals surface area contributed by atoms with Gasteiger partial charge >= 0.3 is 0 Å². The number of rotatable bonds is 3. The number of hydrogen-bond acceptors (Lipinski definition) is 3. The van der Waals surface area contributed by atoms with E-state index in [4.69, 9.17) is 21.3 Å². The van der Waals surface area contributed by atoms with E-state index >= 15 is 0 Å². The zero-order valence-electron chi connectivity index (χ0n) is 13.9. The molecule has 4 nitrogen and oxygen atoms in total. The lowest BCUT2D eigenvalue weighted by Crippen LogP contribution is -2.44. The van der Waals surface area contributed by atoms with Crippen LogP contribution >= 0.6 is 22.9 Å². The van der Waals surface area contributed by atoms with Crippen molar-refractivity contribution in [2.75, 3.05) is 18.0 Å². The van der Waals surface area contributed by atoms with Crippen LogP contribution in [0.25, 0.3) is 10.9 Å². The van der Waals surface area contributed by atoms with Gasteiger partial charge in [-0.1, -0.05) is 17.7 Å². The number of nitrogens with zero attached hydrogens (tertiary/aromatic N) is 2. The number of halogens is 1. The molecule has 0 amide bonds. The maximum atomic E-state index is 6.20. The lowest BCUT2D eigenvalue weighted by Gasteiger charge is -2.40. The van der Waals surface area contributed by atoms with Gasteiger partial charge < -0.3 is 14.3 Å². The quantitative estimate of drug-likeness (QED) is 0.516. The third-order valence-electron chi connectivity index (χ3n) is 4.90. The molecule has 0 aliphatic carbocycles. The Balaban J connectivity index is 1.60. The molecule has 4 aromatic rings. The highest BCUT2D eigenvalue weighted by Gasteiger charge is 2.37. The molecule has 131 valence electrons. The van der Waals surface area contributed by atoms with Gasteiger partial charge in [-0.2, -0.15) is 0 Å². The molecule has 1 radical (unpaired) electrons. The Kier molecular flexibility index (Phi) is 4.00. The number of H-pyrrole nitrogens is 1. The fourth-order valence-corrected chi connectivity index (χ4v) is 4.83. The average molecular weight is 383 g/mol. The second kappa shape index (κ2) is 6.50. The fraction of sp³-hybridized carbons (Fsp3) is 0.200. The molecule has 5 rings (SSSR count). The number of furan rings is 1. The maximum absolute atomic E-state index is 6.20. The van der Waals surface area contributed by atoms with Crippen LogP contribution in [0.3, 0.4) is 0 Å². The summed E-state index contributed by atoms with van der Waals surface area (Å²) in [7, 11) is 0. The Hall–Kier alpha value is -2.21. The van der Waals surface area contributed by atoms with Gasteiger partial charge in [0.1, 0.15) is 11.8 Å². The predicted molar refractivity (Wildman–Crippen MR) is 106 cm³/mol. The van der Waals surface area contributed by atoms with Crippen molar-refractivity contribution >= 4 is 38.8 Å². The van der Waals surface area contributed by atoms with Gasteiger partial charge in [-0.15, -0.1) is 11.3 Å². The van der Waals surface area contributed by atoms with E-state index in [1.807, 2.05) is 24.4 Å². The first-order chi connectivity index (χ1) is 12.8. The van der Waals surface area contributed by atoms with Crippen molar-refractivity contribution in [2.45, 2.75) is 12.1 Å². The second-order valence-electron chi connectivity index (χ2n) is 6.41. The van der Waals surface area contributed by atoms with Crippen LogP contribution in [0, 0.1) is 0 Å². The summed E-state index contributed by atoms with van der Waals surface area (Å²) < 4.78 is 6.62. The highest BCUT2D eigenvalue weighted by Crippen LogP contribution is 2.43. The van der Waals surface area contributed by atoms with Crippen molar-refractivity contribution in [3.63, 3.8) is 0 Å². The number of fused-ring (bicyclic) bond motifs is 1. The van der Waals surface area contributed by atoms with E-state index in [1.54, 1.807) is 17.6 Å². The van der Waals surface area contributed by atoms with E-state index in [0.717, 1.165) is 33.7 Å². The van der Waals surface area contributed by atoms with Crippen LogP contribution in [0.5, 0.6) is 0 Å². The molecular weight excluding hydrogens is 366 g/mol. The van der Waals surface area contributed by atoms with Gasteiger partial charge in [0.05, 0.1) is 21.6 Å². The van der Waals surface area contributed by atoms with Crippen molar-refractivity contribution in [3.05, 3.63) is 76.7 Å². The number of aromatic amines is 1. The van der Waals surface area contributed by atoms with Crippen LogP contribution < -0.4 is 10.2 Å². The highest BCUT2D eigenvalue weighted by molar-refractivity contribution is 7.19. The van der Waals surface area contributed by atoms with Gasteiger partial charge in [-0.25, -0.2) is 5.32 Å². The fourth-order valence-electron chi connectivity index (χ4n) is 3.73. The zero-order valence-corrected chi connectivity index (χ0v) is 15.5. The number of piperazine rings is 1. The molecule has 1 saturated heterocycles. The van der Waals surface area contributed by atoms with Crippen molar-refractivity contribution in [1.29, 1.82) is 0 Å². The normalized spacial score (nSPS) is 20.7. The summed E-state index contributed by atoms with van der Waals surface area (Å²) in [6.07, 6.45) is 3.70. The van der Waals surface area contributed by atoms with Crippen LogP contribution in [0.15, 0.2) is 65.4 Å². The Labute approximate surface area is 160 Å². The summed E-state index contributed by atoms with van der Waals surface area (Å²) >= 11 is 7.80. The Bertz CT molecular complexity index is 1020. The van der Waals surface area contributed by atoms with Crippen LogP contribution in [0.1, 0.15) is 23.4 Å². The number of nitrogens with one attached hydrogen (secondary N) is 1. The predicted octanol–water partition coefficient (Wildman–Crippen LogP) is 5.38. The van der Waals surface area contributed by atoms with Crippen molar-refractivity contribution in [2.24, 2.45) is 0 Å². The lowest BCUT2D eigenvalue weighted by molar-refractivity contribution is 0.326. The minimum atomic E-state index is 0.00933. The first-order valence-corrected chi connectivity index (χ1v) is 9.78. The average Bonchev–Trinajstić information content (AvgIpc) is 3.42. The number of anilines is 1. The number of benzene rings is 1.